The highest BCUT2D eigenvalue weighted by atomic mass is 32.2. The minimum Gasteiger partial charge on any atom is -0.321 e. The van der Waals surface area contributed by atoms with Gasteiger partial charge >= 0.3 is 0 Å². The minimum atomic E-state index is -3.67. The van der Waals surface area contributed by atoms with E-state index in [4.69, 9.17) is 5.73 Å². The van der Waals surface area contributed by atoms with Crippen LogP contribution < -0.4 is 5.73 Å². The summed E-state index contributed by atoms with van der Waals surface area (Å²) in [6, 6.07) is 4.48. The standard InChI is InChI=1S/C12H17NO4S2/c1-18(14,15)10-6-3-5-9(11(10)19(2,16)17)12(13)7-4-8-12/h3,5-6H,4,7-8,13H2,1-2H3. The van der Waals surface area contributed by atoms with Crippen molar-refractivity contribution in [3.8, 4) is 0 Å². The van der Waals surface area contributed by atoms with Crippen LogP contribution in [0.15, 0.2) is 28.0 Å². The molecule has 0 spiro atoms. The zero-order chi connectivity index (χ0) is 14.5. The van der Waals surface area contributed by atoms with Gasteiger partial charge in [0.05, 0.1) is 9.79 Å². The van der Waals surface area contributed by atoms with E-state index in [0.29, 0.717) is 18.4 Å². The molecule has 1 aliphatic carbocycles. The van der Waals surface area contributed by atoms with E-state index in [1.165, 1.54) is 6.07 Å². The van der Waals surface area contributed by atoms with Crippen LogP contribution in [-0.4, -0.2) is 29.3 Å². The second kappa shape index (κ2) is 4.29. The Morgan fingerprint density at radius 2 is 1.63 bits per heavy atom. The van der Waals surface area contributed by atoms with Crippen LogP contribution in [0.2, 0.25) is 0 Å². The Hall–Kier alpha value is -0.920. The summed E-state index contributed by atoms with van der Waals surface area (Å²) in [6.07, 6.45) is 4.28. The van der Waals surface area contributed by atoms with E-state index in [9.17, 15) is 16.8 Å². The van der Waals surface area contributed by atoms with Gasteiger partial charge in [0.25, 0.3) is 0 Å². The van der Waals surface area contributed by atoms with E-state index in [0.717, 1.165) is 18.9 Å². The van der Waals surface area contributed by atoms with E-state index < -0.39 is 25.2 Å². The van der Waals surface area contributed by atoms with Gasteiger partial charge in [0.2, 0.25) is 0 Å². The second-order valence-corrected chi connectivity index (χ2v) is 9.12. The fraction of sp³-hybridized carbons (Fsp3) is 0.500. The predicted octanol–water partition coefficient (Wildman–Crippen LogP) is 0.832. The van der Waals surface area contributed by atoms with Crippen LogP contribution in [0.3, 0.4) is 0 Å². The number of sulfone groups is 2. The maximum absolute atomic E-state index is 12.0. The number of hydrogen-bond donors (Lipinski definition) is 1. The first-order chi connectivity index (χ1) is 8.56. The lowest BCUT2D eigenvalue weighted by atomic mass is 9.73. The molecule has 0 radical (unpaired) electrons. The van der Waals surface area contributed by atoms with E-state index in [-0.39, 0.29) is 9.79 Å². The Kier molecular flexibility index (Phi) is 3.27. The monoisotopic (exact) mass is 303 g/mol. The number of hydrogen-bond acceptors (Lipinski definition) is 5. The molecule has 1 fully saturated rings. The van der Waals surface area contributed by atoms with Crippen molar-refractivity contribution in [3.63, 3.8) is 0 Å². The predicted molar refractivity (Wildman–Crippen MR) is 72.4 cm³/mol. The lowest BCUT2D eigenvalue weighted by molar-refractivity contribution is 0.248. The summed E-state index contributed by atoms with van der Waals surface area (Å²) >= 11 is 0. The topological polar surface area (TPSA) is 94.3 Å². The fourth-order valence-electron chi connectivity index (χ4n) is 2.41. The quantitative estimate of drug-likeness (QED) is 0.892. The van der Waals surface area contributed by atoms with Gasteiger partial charge in [-0.15, -0.1) is 0 Å². The van der Waals surface area contributed by atoms with Gasteiger partial charge in [-0.25, -0.2) is 16.8 Å². The van der Waals surface area contributed by atoms with Crippen molar-refractivity contribution < 1.29 is 16.8 Å². The van der Waals surface area contributed by atoms with Gasteiger partial charge in [-0.05, 0) is 30.9 Å². The molecule has 7 heteroatoms. The maximum Gasteiger partial charge on any atom is 0.177 e. The fourth-order valence-corrected chi connectivity index (χ4v) is 5.19. The van der Waals surface area contributed by atoms with Crippen molar-refractivity contribution >= 4 is 19.7 Å². The molecule has 1 aromatic rings. The Balaban J connectivity index is 2.84. The number of nitrogens with two attached hydrogens (primary N) is 1. The molecule has 1 aromatic carbocycles. The lowest BCUT2D eigenvalue weighted by Crippen LogP contribution is -2.44. The molecule has 1 aliphatic rings. The van der Waals surface area contributed by atoms with Gasteiger partial charge in [-0.3, -0.25) is 0 Å². The van der Waals surface area contributed by atoms with Gasteiger partial charge in [0.1, 0.15) is 0 Å². The Bertz CT molecular complexity index is 716. The maximum atomic E-state index is 12.0. The Morgan fingerprint density at radius 3 is 2.00 bits per heavy atom. The van der Waals surface area contributed by atoms with Gasteiger partial charge < -0.3 is 5.73 Å². The van der Waals surface area contributed by atoms with E-state index >= 15 is 0 Å². The molecule has 5 nitrogen and oxygen atoms in total. The average Bonchev–Trinajstić information content (AvgIpc) is 2.22. The van der Waals surface area contributed by atoms with Crippen LogP contribution >= 0.6 is 0 Å². The van der Waals surface area contributed by atoms with Crippen molar-refractivity contribution in [1.82, 2.24) is 0 Å². The van der Waals surface area contributed by atoms with Gasteiger partial charge in [0.15, 0.2) is 19.7 Å². The van der Waals surface area contributed by atoms with Crippen molar-refractivity contribution in [2.45, 2.75) is 34.6 Å². The van der Waals surface area contributed by atoms with Crippen LogP contribution in [0.25, 0.3) is 0 Å². The molecular weight excluding hydrogens is 286 g/mol. The molecule has 0 heterocycles. The molecule has 0 aromatic heterocycles. The number of benzene rings is 1. The molecule has 0 bridgehead atoms. The third-order valence-corrected chi connectivity index (χ3v) is 5.98. The van der Waals surface area contributed by atoms with Crippen LogP contribution in [0.1, 0.15) is 24.8 Å². The molecule has 2 rings (SSSR count). The second-order valence-electron chi connectivity index (χ2n) is 5.19. The zero-order valence-electron chi connectivity index (χ0n) is 10.9. The molecule has 0 amide bonds. The summed E-state index contributed by atoms with van der Waals surface area (Å²) in [5.41, 5.74) is 5.87. The SMILES string of the molecule is CS(=O)(=O)c1cccc(C2(N)CCC2)c1S(C)(=O)=O. The highest BCUT2D eigenvalue weighted by Gasteiger charge is 2.39. The summed E-state index contributed by atoms with van der Waals surface area (Å²) in [5, 5.41) is 0. The average molecular weight is 303 g/mol. The van der Waals surface area contributed by atoms with E-state index in [1.54, 1.807) is 12.1 Å². The third-order valence-electron chi connectivity index (χ3n) is 3.53. The molecular formula is C12H17NO4S2. The molecule has 0 atom stereocenters. The molecule has 0 aliphatic heterocycles. The zero-order valence-corrected chi connectivity index (χ0v) is 12.5. The van der Waals surface area contributed by atoms with Crippen molar-refractivity contribution in [2.24, 2.45) is 5.73 Å². The van der Waals surface area contributed by atoms with Gasteiger partial charge in [0, 0.05) is 18.1 Å². The van der Waals surface area contributed by atoms with Gasteiger partial charge in [-0.1, -0.05) is 12.1 Å². The van der Waals surface area contributed by atoms with E-state index in [2.05, 4.69) is 0 Å². The van der Waals surface area contributed by atoms with Gasteiger partial charge in [-0.2, -0.15) is 0 Å². The third kappa shape index (κ3) is 2.54. The summed E-state index contributed by atoms with van der Waals surface area (Å²) < 4.78 is 47.5. The smallest absolute Gasteiger partial charge is 0.177 e. The molecule has 1 saturated carbocycles. The molecule has 2 N–H and O–H groups in total. The van der Waals surface area contributed by atoms with Crippen molar-refractivity contribution in [3.05, 3.63) is 23.8 Å². The van der Waals surface area contributed by atoms with Crippen LogP contribution in [-0.2, 0) is 25.2 Å². The minimum absolute atomic E-state index is 0.139. The Morgan fingerprint density at radius 1 is 1.05 bits per heavy atom. The van der Waals surface area contributed by atoms with Crippen LogP contribution in [0.5, 0.6) is 0 Å². The van der Waals surface area contributed by atoms with Crippen molar-refractivity contribution in [2.75, 3.05) is 12.5 Å². The first kappa shape index (κ1) is 14.5. The van der Waals surface area contributed by atoms with Crippen molar-refractivity contribution in [1.29, 1.82) is 0 Å². The van der Waals surface area contributed by atoms with E-state index in [1.807, 2.05) is 0 Å². The summed E-state index contributed by atoms with van der Waals surface area (Å²) in [5.74, 6) is 0. The summed E-state index contributed by atoms with van der Waals surface area (Å²) in [7, 11) is -7.28. The largest absolute Gasteiger partial charge is 0.321 e. The number of rotatable bonds is 3. The first-order valence-electron chi connectivity index (χ1n) is 5.88. The normalized spacial score (nSPS) is 18.9. The lowest BCUT2D eigenvalue weighted by Gasteiger charge is -2.39. The summed E-state index contributed by atoms with van der Waals surface area (Å²) in [4.78, 5) is -0.302. The molecule has 19 heavy (non-hydrogen) atoms. The highest BCUT2D eigenvalue weighted by Crippen LogP contribution is 2.42. The highest BCUT2D eigenvalue weighted by molar-refractivity contribution is 7.93. The summed E-state index contributed by atoms with van der Waals surface area (Å²) in [6.45, 7) is 0. The van der Waals surface area contributed by atoms with Crippen LogP contribution in [0, 0.1) is 0 Å². The van der Waals surface area contributed by atoms with Crippen LogP contribution in [0.4, 0.5) is 0 Å². The first-order valence-corrected chi connectivity index (χ1v) is 9.66. The Labute approximate surface area is 113 Å². The molecule has 106 valence electrons. The molecule has 0 unspecified atom stereocenters. The molecule has 0 saturated heterocycles.